The Kier molecular flexibility index (Phi) is 4.74. The van der Waals surface area contributed by atoms with Crippen LogP contribution in [0.2, 0.25) is 0 Å². The molecule has 0 fully saturated rings. The van der Waals surface area contributed by atoms with Crippen LogP contribution in [0.15, 0.2) is 12.1 Å². The lowest BCUT2D eigenvalue weighted by molar-refractivity contribution is -0.119. The smallest absolute Gasteiger partial charge is 0.405 e. The summed E-state index contributed by atoms with van der Waals surface area (Å²) in [6, 6.07) is 2.58. The van der Waals surface area contributed by atoms with Gasteiger partial charge in [-0.05, 0) is 25.5 Å². The van der Waals surface area contributed by atoms with Gasteiger partial charge < -0.3 is 10.0 Å². The number of carboxylic acid groups (broad SMARTS) is 1. The predicted octanol–water partition coefficient (Wildman–Crippen LogP) is 2.87. The zero-order chi connectivity index (χ0) is 14.6. The summed E-state index contributed by atoms with van der Waals surface area (Å²) in [6.07, 6.45) is -3.78. The molecule has 19 heavy (non-hydrogen) atoms. The number of pyridine rings is 1. The van der Waals surface area contributed by atoms with Crippen LogP contribution >= 0.6 is 0 Å². The van der Waals surface area contributed by atoms with Crippen LogP contribution in [0.1, 0.15) is 29.4 Å². The molecule has 0 atom stereocenters. The zero-order valence-electron chi connectivity index (χ0n) is 10.7. The number of carboxylic acids is 1. The number of rotatable bonds is 5. The zero-order valence-corrected chi connectivity index (χ0v) is 10.7. The van der Waals surface area contributed by atoms with E-state index in [1.54, 1.807) is 6.92 Å². The van der Waals surface area contributed by atoms with Gasteiger partial charge in [0.05, 0.1) is 11.3 Å². The molecule has 1 N–H and O–H groups in total. The van der Waals surface area contributed by atoms with Crippen LogP contribution in [0.3, 0.4) is 0 Å². The molecule has 1 rings (SSSR count). The van der Waals surface area contributed by atoms with Gasteiger partial charge in [-0.25, -0.2) is 9.78 Å². The van der Waals surface area contributed by atoms with Crippen molar-refractivity contribution in [3.8, 4) is 0 Å². The lowest BCUT2D eigenvalue weighted by Crippen LogP contribution is -2.35. The number of aromatic carboxylic acids is 1. The van der Waals surface area contributed by atoms with Crippen LogP contribution < -0.4 is 4.90 Å². The number of alkyl halides is 3. The highest BCUT2D eigenvalue weighted by atomic mass is 19.4. The molecule has 0 saturated carbocycles. The van der Waals surface area contributed by atoms with E-state index < -0.39 is 18.7 Å². The fraction of sp³-hybridized carbons (Fsp3) is 0.500. The second-order valence-electron chi connectivity index (χ2n) is 4.14. The molecule has 0 aliphatic heterocycles. The number of aryl methyl sites for hydroxylation is 1. The second kappa shape index (κ2) is 5.90. The van der Waals surface area contributed by atoms with Crippen LogP contribution in [-0.4, -0.2) is 35.3 Å². The third-order valence-corrected chi connectivity index (χ3v) is 2.49. The van der Waals surface area contributed by atoms with Crippen molar-refractivity contribution in [1.82, 2.24) is 4.98 Å². The average Bonchev–Trinajstić information content (AvgIpc) is 2.26. The first-order valence-electron chi connectivity index (χ1n) is 5.77. The number of hydrogen-bond acceptors (Lipinski definition) is 3. The van der Waals surface area contributed by atoms with E-state index in [9.17, 15) is 18.0 Å². The number of halogens is 3. The molecular formula is C12H15F3N2O2. The van der Waals surface area contributed by atoms with E-state index in [2.05, 4.69) is 4.98 Å². The molecule has 0 bridgehead atoms. The Balaban J connectivity index is 3.03. The second-order valence-corrected chi connectivity index (χ2v) is 4.14. The Morgan fingerprint density at radius 2 is 2.05 bits per heavy atom. The Morgan fingerprint density at radius 3 is 2.47 bits per heavy atom. The van der Waals surface area contributed by atoms with Crippen LogP contribution in [0.4, 0.5) is 19.0 Å². The number of carbonyl (C=O) groups is 1. The van der Waals surface area contributed by atoms with Crippen molar-refractivity contribution >= 4 is 11.8 Å². The fourth-order valence-electron chi connectivity index (χ4n) is 1.71. The van der Waals surface area contributed by atoms with E-state index in [1.807, 2.05) is 0 Å². The van der Waals surface area contributed by atoms with E-state index in [0.717, 1.165) is 4.90 Å². The Morgan fingerprint density at radius 1 is 1.42 bits per heavy atom. The van der Waals surface area contributed by atoms with Crippen molar-refractivity contribution in [1.29, 1.82) is 0 Å². The molecule has 106 valence electrons. The quantitative estimate of drug-likeness (QED) is 0.898. The monoisotopic (exact) mass is 276 g/mol. The van der Waals surface area contributed by atoms with Gasteiger partial charge in [-0.3, -0.25) is 0 Å². The molecule has 4 nitrogen and oxygen atoms in total. The van der Waals surface area contributed by atoms with Crippen molar-refractivity contribution in [2.24, 2.45) is 0 Å². The number of hydrogen-bond donors (Lipinski definition) is 1. The van der Waals surface area contributed by atoms with E-state index in [4.69, 9.17) is 5.11 Å². The third kappa shape index (κ3) is 4.42. The van der Waals surface area contributed by atoms with Gasteiger partial charge in [-0.15, -0.1) is 0 Å². The molecule has 0 radical (unpaired) electrons. The minimum atomic E-state index is -4.32. The maximum atomic E-state index is 12.5. The van der Waals surface area contributed by atoms with Gasteiger partial charge in [0.15, 0.2) is 0 Å². The van der Waals surface area contributed by atoms with Crippen LogP contribution in [0, 0.1) is 6.92 Å². The van der Waals surface area contributed by atoms with Crippen LogP contribution in [-0.2, 0) is 0 Å². The molecule has 0 spiro atoms. The first-order chi connectivity index (χ1) is 8.74. The summed E-state index contributed by atoms with van der Waals surface area (Å²) in [5.74, 6) is -1.00. The summed E-state index contributed by atoms with van der Waals surface area (Å²) in [7, 11) is 0. The highest BCUT2D eigenvalue weighted by Crippen LogP contribution is 2.22. The van der Waals surface area contributed by atoms with Gasteiger partial charge >= 0.3 is 12.1 Å². The van der Waals surface area contributed by atoms with E-state index in [-0.39, 0.29) is 23.6 Å². The fourth-order valence-corrected chi connectivity index (χ4v) is 1.71. The summed E-state index contributed by atoms with van der Waals surface area (Å²) in [6.45, 7) is 2.34. The molecule has 1 aromatic heterocycles. The van der Waals surface area contributed by atoms with Gasteiger partial charge in [-0.2, -0.15) is 13.2 Å². The summed E-state index contributed by atoms with van der Waals surface area (Å²) in [5.41, 5.74) is 0.195. The first kappa shape index (κ1) is 15.3. The third-order valence-electron chi connectivity index (χ3n) is 2.49. The molecule has 1 aromatic rings. The average molecular weight is 276 g/mol. The van der Waals surface area contributed by atoms with Gasteiger partial charge in [0.25, 0.3) is 0 Å². The molecule has 7 heteroatoms. The number of aromatic nitrogens is 1. The summed E-state index contributed by atoms with van der Waals surface area (Å²) >= 11 is 0. The Labute approximate surface area is 108 Å². The lowest BCUT2D eigenvalue weighted by atomic mass is 10.2. The van der Waals surface area contributed by atoms with Gasteiger partial charge in [0.1, 0.15) is 12.4 Å². The van der Waals surface area contributed by atoms with Crippen molar-refractivity contribution in [3.05, 3.63) is 23.4 Å². The van der Waals surface area contributed by atoms with Crippen LogP contribution in [0.25, 0.3) is 0 Å². The number of anilines is 1. The topological polar surface area (TPSA) is 53.4 Å². The molecule has 0 saturated heterocycles. The van der Waals surface area contributed by atoms with Crippen molar-refractivity contribution in [2.75, 3.05) is 18.0 Å². The Bertz CT molecular complexity index is 461. The molecule has 0 aliphatic carbocycles. The standard InChI is InChI=1S/C12H15F3N2O2/c1-3-6-17(7-12(13,14)15)10-5-4-9(11(18)19)8(2)16-10/h4-5H,3,6-7H2,1-2H3,(H,18,19). The normalized spacial score (nSPS) is 11.4. The SMILES string of the molecule is CCCN(CC(F)(F)F)c1ccc(C(=O)O)c(C)n1. The van der Waals surface area contributed by atoms with Crippen molar-refractivity contribution < 1.29 is 23.1 Å². The maximum absolute atomic E-state index is 12.5. The van der Waals surface area contributed by atoms with Crippen molar-refractivity contribution in [3.63, 3.8) is 0 Å². The van der Waals surface area contributed by atoms with Gasteiger partial charge in [0.2, 0.25) is 0 Å². The summed E-state index contributed by atoms with van der Waals surface area (Å²) in [4.78, 5) is 15.9. The minimum absolute atomic E-state index is 0.00722. The molecule has 0 aromatic carbocycles. The maximum Gasteiger partial charge on any atom is 0.405 e. The van der Waals surface area contributed by atoms with Gasteiger partial charge in [-0.1, -0.05) is 6.92 Å². The first-order valence-corrected chi connectivity index (χ1v) is 5.77. The van der Waals surface area contributed by atoms with E-state index in [0.29, 0.717) is 6.42 Å². The molecule has 1 heterocycles. The van der Waals surface area contributed by atoms with Crippen molar-refractivity contribution in [2.45, 2.75) is 26.4 Å². The van der Waals surface area contributed by atoms with E-state index in [1.165, 1.54) is 19.1 Å². The van der Waals surface area contributed by atoms with E-state index >= 15 is 0 Å². The Hall–Kier alpha value is -1.79. The van der Waals surface area contributed by atoms with Crippen LogP contribution in [0.5, 0.6) is 0 Å². The predicted molar refractivity (Wildman–Crippen MR) is 64.5 cm³/mol. The van der Waals surface area contributed by atoms with Gasteiger partial charge in [0, 0.05) is 6.54 Å². The molecule has 0 amide bonds. The summed E-state index contributed by atoms with van der Waals surface area (Å²) in [5, 5.41) is 8.85. The minimum Gasteiger partial charge on any atom is -0.478 e. The highest BCUT2D eigenvalue weighted by molar-refractivity contribution is 5.89. The molecular weight excluding hydrogens is 261 g/mol. The summed E-state index contributed by atoms with van der Waals surface area (Å²) < 4.78 is 37.4. The highest BCUT2D eigenvalue weighted by Gasteiger charge is 2.31. The lowest BCUT2D eigenvalue weighted by Gasteiger charge is -2.24. The largest absolute Gasteiger partial charge is 0.478 e. The molecule has 0 aliphatic rings. The molecule has 0 unspecified atom stereocenters. The number of nitrogens with zero attached hydrogens (tertiary/aromatic N) is 2.